The lowest BCUT2D eigenvalue weighted by Crippen LogP contribution is -2.10. The molecular weight excluding hydrogens is 304 g/mol. The molecule has 0 amide bonds. The molecule has 0 radical (unpaired) electrons. The van der Waals surface area contributed by atoms with Crippen molar-refractivity contribution in [2.75, 3.05) is 12.8 Å². The number of nitrogens with two attached hydrogens (primary N) is 1. The third kappa shape index (κ3) is 2.65. The first kappa shape index (κ1) is 15.5. The summed E-state index contributed by atoms with van der Waals surface area (Å²) >= 11 is 0. The molecule has 0 unspecified atom stereocenters. The lowest BCUT2D eigenvalue weighted by Gasteiger charge is -2.10. The average molecular weight is 320 g/mol. The van der Waals surface area contributed by atoms with Crippen molar-refractivity contribution in [1.82, 2.24) is 19.7 Å². The topological polar surface area (TPSA) is 103 Å². The molecule has 120 valence electrons. The van der Waals surface area contributed by atoms with Crippen LogP contribution in [0.15, 0.2) is 30.3 Å². The van der Waals surface area contributed by atoms with Gasteiger partial charge in [0.25, 0.3) is 5.95 Å². The van der Waals surface area contributed by atoms with Gasteiger partial charge in [0, 0.05) is 11.3 Å². The van der Waals surface area contributed by atoms with Gasteiger partial charge in [-0.05, 0) is 44.2 Å². The second-order valence-electron chi connectivity index (χ2n) is 5.31. The molecule has 0 saturated carbocycles. The second kappa shape index (κ2) is 6.01. The molecule has 0 aliphatic rings. The Morgan fingerprint density at radius 1 is 1.17 bits per heavy atom. The Labute approximate surface area is 139 Å². The predicted octanol–water partition coefficient (Wildman–Crippen LogP) is 2.41. The SMILES string of the molecule is COc1ccc(-c2nc(-n3nc(C)cc3C)nc(N)c2C#N)cc1. The predicted molar refractivity (Wildman–Crippen MR) is 89.7 cm³/mol. The van der Waals surface area contributed by atoms with Crippen molar-refractivity contribution in [1.29, 1.82) is 5.26 Å². The number of aryl methyl sites for hydroxylation is 2. The molecule has 0 fully saturated rings. The van der Waals surface area contributed by atoms with E-state index >= 15 is 0 Å². The number of hydrogen-bond donors (Lipinski definition) is 1. The van der Waals surface area contributed by atoms with Crippen molar-refractivity contribution < 1.29 is 4.74 Å². The summed E-state index contributed by atoms with van der Waals surface area (Å²) in [6.45, 7) is 3.80. The van der Waals surface area contributed by atoms with Crippen molar-refractivity contribution in [3.8, 4) is 29.0 Å². The summed E-state index contributed by atoms with van der Waals surface area (Å²) in [5.74, 6) is 1.18. The smallest absolute Gasteiger partial charge is 0.253 e. The van der Waals surface area contributed by atoms with Gasteiger partial charge in [0.15, 0.2) is 0 Å². The molecule has 0 bridgehead atoms. The summed E-state index contributed by atoms with van der Waals surface area (Å²) in [6, 6.07) is 11.3. The summed E-state index contributed by atoms with van der Waals surface area (Å²) < 4.78 is 6.77. The van der Waals surface area contributed by atoms with E-state index in [0.29, 0.717) is 11.6 Å². The molecule has 0 spiro atoms. The summed E-state index contributed by atoms with van der Waals surface area (Å²) in [5, 5.41) is 13.8. The van der Waals surface area contributed by atoms with Gasteiger partial charge in [-0.15, -0.1) is 0 Å². The van der Waals surface area contributed by atoms with Crippen molar-refractivity contribution in [2.24, 2.45) is 0 Å². The van der Waals surface area contributed by atoms with Gasteiger partial charge in [0.1, 0.15) is 23.2 Å². The molecule has 2 aromatic heterocycles. The first-order chi connectivity index (χ1) is 11.5. The van der Waals surface area contributed by atoms with Gasteiger partial charge in [-0.25, -0.2) is 9.67 Å². The maximum absolute atomic E-state index is 9.42. The van der Waals surface area contributed by atoms with E-state index in [0.717, 1.165) is 22.7 Å². The highest BCUT2D eigenvalue weighted by atomic mass is 16.5. The van der Waals surface area contributed by atoms with Crippen LogP contribution < -0.4 is 10.5 Å². The lowest BCUT2D eigenvalue weighted by atomic mass is 10.1. The number of rotatable bonds is 3. The van der Waals surface area contributed by atoms with E-state index in [4.69, 9.17) is 10.5 Å². The second-order valence-corrected chi connectivity index (χ2v) is 5.31. The Morgan fingerprint density at radius 2 is 1.88 bits per heavy atom. The summed E-state index contributed by atoms with van der Waals surface area (Å²) in [4.78, 5) is 8.75. The van der Waals surface area contributed by atoms with Crippen LogP contribution in [0, 0.1) is 25.2 Å². The van der Waals surface area contributed by atoms with Crippen molar-refractivity contribution >= 4 is 5.82 Å². The minimum atomic E-state index is 0.126. The van der Waals surface area contributed by atoms with Crippen molar-refractivity contribution in [3.05, 3.63) is 47.3 Å². The van der Waals surface area contributed by atoms with Crippen LogP contribution in [0.3, 0.4) is 0 Å². The molecule has 0 aliphatic heterocycles. The zero-order valence-electron chi connectivity index (χ0n) is 13.6. The molecule has 3 rings (SSSR count). The van der Waals surface area contributed by atoms with Gasteiger partial charge in [-0.3, -0.25) is 0 Å². The molecule has 2 heterocycles. The van der Waals surface area contributed by atoms with Crippen LogP contribution in [-0.2, 0) is 0 Å². The quantitative estimate of drug-likeness (QED) is 0.795. The zero-order valence-corrected chi connectivity index (χ0v) is 13.6. The highest BCUT2D eigenvalue weighted by molar-refractivity contribution is 5.72. The van der Waals surface area contributed by atoms with Gasteiger partial charge >= 0.3 is 0 Å². The number of nitrogens with zero attached hydrogens (tertiary/aromatic N) is 5. The van der Waals surface area contributed by atoms with Crippen LogP contribution in [-0.4, -0.2) is 26.9 Å². The molecule has 0 saturated heterocycles. The molecular formula is C17H16N6O. The zero-order chi connectivity index (χ0) is 17.3. The third-order valence-electron chi connectivity index (χ3n) is 3.60. The van der Waals surface area contributed by atoms with E-state index in [-0.39, 0.29) is 11.4 Å². The number of methoxy groups -OCH3 is 1. The number of aromatic nitrogens is 4. The van der Waals surface area contributed by atoms with E-state index in [1.807, 2.05) is 32.0 Å². The number of ether oxygens (including phenoxy) is 1. The fraction of sp³-hybridized carbons (Fsp3) is 0.176. The van der Waals surface area contributed by atoms with Crippen LogP contribution >= 0.6 is 0 Å². The van der Waals surface area contributed by atoms with Crippen molar-refractivity contribution in [3.63, 3.8) is 0 Å². The van der Waals surface area contributed by atoms with Crippen LogP contribution in [0.5, 0.6) is 5.75 Å². The Morgan fingerprint density at radius 3 is 2.42 bits per heavy atom. The number of nitrogen functional groups attached to an aromatic ring is 1. The van der Waals surface area contributed by atoms with E-state index in [2.05, 4.69) is 21.1 Å². The van der Waals surface area contributed by atoms with Gasteiger partial charge < -0.3 is 10.5 Å². The minimum Gasteiger partial charge on any atom is -0.497 e. The standard InChI is InChI=1S/C17H16N6O/c1-10-8-11(2)23(22-10)17-20-15(14(9-18)16(19)21-17)12-4-6-13(24-3)7-5-12/h4-8H,1-3H3,(H2,19,20,21). The molecule has 0 aliphatic carbocycles. The van der Waals surface area contributed by atoms with Gasteiger partial charge in [0.05, 0.1) is 18.5 Å². The van der Waals surface area contributed by atoms with E-state index in [1.165, 1.54) is 0 Å². The Bertz CT molecular complexity index is 937. The normalized spacial score (nSPS) is 10.4. The first-order valence-corrected chi connectivity index (χ1v) is 7.29. The minimum absolute atomic E-state index is 0.126. The first-order valence-electron chi connectivity index (χ1n) is 7.29. The molecule has 1 aromatic carbocycles. The number of nitriles is 1. The number of hydrogen-bond acceptors (Lipinski definition) is 6. The van der Waals surface area contributed by atoms with Crippen LogP contribution in [0.25, 0.3) is 17.2 Å². The average Bonchev–Trinajstić information content (AvgIpc) is 2.92. The van der Waals surface area contributed by atoms with Crippen molar-refractivity contribution in [2.45, 2.75) is 13.8 Å². The Kier molecular flexibility index (Phi) is 3.88. The highest BCUT2D eigenvalue weighted by Gasteiger charge is 2.16. The highest BCUT2D eigenvalue weighted by Crippen LogP contribution is 2.27. The van der Waals surface area contributed by atoms with Gasteiger partial charge in [-0.2, -0.15) is 15.3 Å². The number of anilines is 1. The molecule has 7 heteroatoms. The molecule has 24 heavy (non-hydrogen) atoms. The van der Waals surface area contributed by atoms with Gasteiger partial charge in [0.2, 0.25) is 0 Å². The number of benzene rings is 1. The fourth-order valence-corrected chi connectivity index (χ4v) is 2.46. The maximum Gasteiger partial charge on any atom is 0.253 e. The maximum atomic E-state index is 9.42. The van der Waals surface area contributed by atoms with E-state index in [1.54, 1.807) is 23.9 Å². The summed E-state index contributed by atoms with van der Waals surface area (Å²) in [7, 11) is 1.60. The fourth-order valence-electron chi connectivity index (χ4n) is 2.46. The van der Waals surface area contributed by atoms with Crippen LogP contribution in [0.2, 0.25) is 0 Å². The van der Waals surface area contributed by atoms with E-state index in [9.17, 15) is 5.26 Å². The van der Waals surface area contributed by atoms with Gasteiger partial charge in [-0.1, -0.05) is 0 Å². The van der Waals surface area contributed by atoms with E-state index < -0.39 is 0 Å². The Hall–Kier alpha value is -3.40. The lowest BCUT2D eigenvalue weighted by molar-refractivity contribution is 0.415. The third-order valence-corrected chi connectivity index (χ3v) is 3.60. The van der Waals surface area contributed by atoms with Crippen LogP contribution in [0.4, 0.5) is 5.82 Å². The van der Waals surface area contributed by atoms with Crippen LogP contribution in [0.1, 0.15) is 17.0 Å². The molecule has 3 aromatic rings. The molecule has 7 nitrogen and oxygen atoms in total. The Balaban J connectivity index is 2.20. The largest absolute Gasteiger partial charge is 0.497 e. The molecule has 2 N–H and O–H groups in total. The monoisotopic (exact) mass is 320 g/mol. The summed E-state index contributed by atoms with van der Waals surface area (Å²) in [6.07, 6.45) is 0. The molecule has 0 atom stereocenters. The summed E-state index contributed by atoms with van der Waals surface area (Å²) in [5.41, 5.74) is 9.18.